The Bertz CT molecular complexity index is 963. The molecule has 30 heavy (non-hydrogen) atoms. The Morgan fingerprint density at radius 3 is 2.20 bits per heavy atom. The van der Waals surface area contributed by atoms with E-state index in [4.69, 9.17) is 9.72 Å². The van der Waals surface area contributed by atoms with E-state index in [2.05, 4.69) is 10.2 Å². The first-order valence-electron chi connectivity index (χ1n) is 10.1. The van der Waals surface area contributed by atoms with E-state index in [0.717, 1.165) is 34.7 Å². The lowest BCUT2D eigenvalue weighted by Gasteiger charge is -2.26. The third-order valence-electron chi connectivity index (χ3n) is 4.89. The van der Waals surface area contributed by atoms with Crippen molar-refractivity contribution < 1.29 is 9.53 Å². The number of rotatable bonds is 7. The molecule has 6 nitrogen and oxygen atoms in total. The average molecular weight is 421 g/mol. The van der Waals surface area contributed by atoms with Gasteiger partial charge in [0, 0.05) is 36.4 Å². The molecule has 7 heteroatoms. The highest BCUT2D eigenvalue weighted by atomic mass is 32.2. The van der Waals surface area contributed by atoms with Crippen LogP contribution in [0, 0.1) is 0 Å². The molecule has 0 saturated carbocycles. The van der Waals surface area contributed by atoms with Gasteiger partial charge in [-0.05, 0) is 6.42 Å². The Morgan fingerprint density at radius 1 is 0.900 bits per heavy atom. The zero-order chi connectivity index (χ0) is 20.6. The first kappa shape index (κ1) is 20.5. The fraction of sp³-hybridized carbons (Fsp3) is 0.304. The molecule has 0 spiro atoms. The van der Waals surface area contributed by atoms with E-state index in [0.29, 0.717) is 37.9 Å². The molecule has 2 aromatic carbocycles. The number of benzene rings is 2. The Labute approximate surface area is 180 Å². The Balaban J connectivity index is 1.43. The smallest absolute Gasteiger partial charge is 0.222 e. The van der Waals surface area contributed by atoms with Gasteiger partial charge in [0.2, 0.25) is 11.1 Å². The number of amides is 1. The predicted molar refractivity (Wildman–Crippen MR) is 118 cm³/mol. The summed E-state index contributed by atoms with van der Waals surface area (Å²) in [5.41, 5.74) is 3.59. The maximum Gasteiger partial charge on any atom is 0.222 e. The highest BCUT2D eigenvalue weighted by molar-refractivity contribution is 7.99. The third-order valence-corrected chi connectivity index (χ3v) is 5.82. The van der Waals surface area contributed by atoms with E-state index >= 15 is 0 Å². The summed E-state index contributed by atoms with van der Waals surface area (Å²) in [6, 6.07) is 20.0. The Hall–Kier alpha value is -2.77. The first-order valence-corrected chi connectivity index (χ1v) is 11.1. The van der Waals surface area contributed by atoms with Crippen LogP contribution in [0.2, 0.25) is 0 Å². The normalized spacial score (nSPS) is 13.9. The van der Waals surface area contributed by atoms with Gasteiger partial charge >= 0.3 is 0 Å². The van der Waals surface area contributed by atoms with Gasteiger partial charge in [-0.3, -0.25) is 4.79 Å². The van der Waals surface area contributed by atoms with Crippen molar-refractivity contribution in [2.24, 2.45) is 0 Å². The molecule has 0 unspecified atom stereocenters. The lowest BCUT2D eigenvalue weighted by Crippen LogP contribution is -2.40. The molecule has 0 bridgehead atoms. The highest BCUT2D eigenvalue weighted by Crippen LogP contribution is 2.29. The van der Waals surface area contributed by atoms with Crippen LogP contribution < -0.4 is 0 Å². The molecule has 1 saturated heterocycles. The summed E-state index contributed by atoms with van der Waals surface area (Å²) in [5.74, 6) is 0.971. The van der Waals surface area contributed by atoms with Crippen molar-refractivity contribution >= 4 is 17.7 Å². The minimum atomic E-state index is 0.197. The number of carbonyl (C=O) groups excluding carboxylic acids is 1. The van der Waals surface area contributed by atoms with Crippen LogP contribution in [-0.2, 0) is 9.53 Å². The second-order valence-corrected chi connectivity index (χ2v) is 8.03. The van der Waals surface area contributed by atoms with Gasteiger partial charge in [-0.1, -0.05) is 72.4 Å². The zero-order valence-electron chi connectivity index (χ0n) is 16.7. The van der Waals surface area contributed by atoms with Gasteiger partial charge in [-0.25, -0.2) is 4.98 Å². The van der Waals surface area contributed by atoms with Gasteiger partial charge in [0.25, 0.3) is 0 Å². The number of morpholine rings is 1. The van der Waals surface area contributed by atoms with E-state index in [1.807, 2.05) is 65.6 Å². The lowest BCUT2D eigenvalue weighted by atomic mass is 10.0. The predicted octanol–water partition coefficient (Wildman–Crippen LogP) is 3.94. The van der Waals surface area contributed by atoms with E-state index in [1.54, 1.807) is 11.8 Å². The topological polar surface area (TPSA) is 68.2 Å². The molecular formula is C23H24N4O2S. The van der Waals surface area contributed by atoms with Crippen molar-refractivity contribution in [1.29, 1.82) is 0 Å². The van der Waals surface area contributed by atoms with E-state index in [9.17, 15) is 4.79 Å². The molecule has 2 heterocycles. The number of hydrogen-bond donors (Lipinski definition) is 0. The fourth-order valence-electron chi connectivity index (χ4n) is 3.32. The standard InChI is InChI=1S/C23H24N4O2S/c28-20(27-13-15-29-16-14-27)12-7-17-30-23-24-21(18-8-3-1-4-9-18)22(25-26-23)19-10-5-2-6-11-19/h1-6,8-11H,7,12-17H2. The van der Waals surface area contributed by atoms with Crippen LogP contribution in [0.5, 0.6) is 0 Å². The maximum atomic E-state index is 12.3. The van der Waals surface area contributed by atoms with Crippen molar-refractivity contribution in [3.05, 3.63) is 60.7 Å². The van der Waals surface area contributed by atoms with Crippen LogP contribution in [-0.4, -0.2) is 58.0 Å². The molecule has 154 valence electrons. The molecule has 0 aliphatic carbocycles. The molecule has 0 radical (unpaired) electrons. The molecule has 0 atom stereocenters. The third kappa shape index (κ3) is 5.23. The minimum absolute atomic E-state index is 0.197. The van der Waals surface area contributed by atoms with Crippen LogP contribution in [0.3, 0.4) is 0 Å². The molecule has 3 aromatic rings. The second kappa shape index (κ2) is 10.3. The summed E-state index contributed by atoms with van der Waals surface area (Å²) < 4.78 is 5.30. The van der Waals surface area contributed by atoms with Crippen molar-refractivity contribution in [3.63, 3.8) is 0 Å². The minimum Gasteiger partial charge on any atom is -0.378 e. The number of hydrogen-bond acceptors (Lipinski definition) is 6. The van der Waals surface area contributed by atoms with Crippen molar-refractivity contribution in [2.75, 3.05) is 32.1 Å². The average Bonchev–Trinajstić information content (AvgIpc) is 2.83. The number of aromatic nitrogens is 3. The van der Waals surface area contributed by atoms with Gasteiger partial charge < -0.3 is 9.64 Å². The number of nitrogens with zero attached hydrogens (tertiary/aromatic N) is 4. The van der Waals surface area contributed by atoms with Crippen LogP contribution in [0.1, 0.15) is 12.8 Å². The van der Waals surface area contributed by atoms with E-state index in [1.165, 1.54) is 0 Å². The lowest BCUT2D eigenvalue weighted by molar-refractivity contribution is -0.135. The molecule has 4 rings (SSSR count). The van der Waals surface area contributed by atoms with Gasteiger partial charge in [0.05, 0.1) is 13.2 Å². The summed E-state index contributed by atoms with van der Waals surface area (Å²) >= 11 is 1.54. The highest BCUT2D eigenvalue weighted by Gasteiger charge is 2.17. The molecule has 1 aliphatic heterocycles. The molecule has 1 aromatic heterocycles. The summed E-state index contributed by atoms with van der Waals surface area (Å²) in [6.07, 6.45) is 1.32. The molecule has 1 amide bonds. The van der Waals surface area contributed by atoms with Gasteiger partial charge in [0.1, 0.15) is 11.4 Å². The second-order valence-electron chi connectivity index (χ2n) is 6.97. The molecule has 0 N–H and O–H groups in total. The summed E-state index contributed by atoms with van der Waals surface area (Å²) in [5, 5.41) is 9.46. The van der Waals surface area contributed by atoms with E-state index in [-0.39, 0.29) is 5.91 Å². The van der Waals surface area contributed by atoms with Crippen LogP contribution in [0.4, 0.5) is 0 Å². The van der Waals surface area contributed by atoms with Crippen molar-refractivity contribution in [3.8, 4) is 22.5 Å². The molecule has 1 aliphatic rings. The summed E-state index contributed by atoms with van der Waals surface area (Å²) in [4.78, 5) is 19.0. The fourth-order valence-corrected chi connectivity index (χ4v) is 4.04. The summed E-state index contributed by atoms with van der Waals surface area (Å²) in [6.45, 7) is 2.66. The van der Waals surface area contributed by atoms with Gasteiger partial charge in [-0.2, -0.15) is 0 Å². The molecular weight excluding hydrogens is 396 g/mol. The number of carbonyl (C=O) groups is 1. The quantitative estimate of drug-likeness (QED) is 0.426. The van der Waals surface area contributed by atoms with Crippen LogP contribution >= 0.6 is 11.8 Å². The van der Waals surface area contributed by atoms with Gasteiger partial charge in [-0.15, -0.1) is 10.2 Å². The Morgan fingerprint density at radius 2 is 1.53 bits per heavy atom. The van der Waals surface area contributed by atoms with Crippen LogP contribution in [0.15, 0.2) is 65.8 Å². The number of ether oxygens (including phenoxy) is 1. The van der Waals surface area contributed by atoms with E-state index < -0.39 is 0 Å². The molecule has 1 fully saturated rings. The van der Waals surface area contributed by atoms with Gasteiger partial charge in [0.15, 0.2) is 0 Å². The Kier molecular flexibility index (Phi) is 7.05. The summed E-state index contributed by atoms with van der Waals surface area (Å²) in [7, 11) is 0. The number of thioether (sulfide) groups is 1. The maximum absolute atomic E-state index is 12.3. The first-order chi connectivity index (χ1) is 14.8. The monoisotopic (exact) mass is 420 g/mol. The van der Waals surface area contributed by atoms with Crippen LogP contribution in [0.25, 0.3) is 22.5 Å². The van der Waals surface area contributed by atoms with Crippen molar-refractivity contribution in [1.82, 2.24) is 20.1 Å². The largest absolute Gasteiger partial charge is 0.378 e. The van der Waals surface area contributed by atoms with Crippen molar-refractivity contribution in [2.45, 2.75) is 18.0 Å². The zero-order valence-corrected chi connectivity index (χ0v) is 17.6. The SMILES string of the molecule is O=C(CCCSc1nnc(-c2ccccc2)c(-c2ccccc2)n1)N1CCOCC1.